The molecule has 5 heteroatoms. The monoisotopic (exact) mass is 354 g/mol. The normalized spacial score (nSPS) is 11.0. The molecule has 3 aromatic rings. The van der Waals surface area contributed by atoms with Gasteiger partial charge in [-0.2, -0.15) is 0 Å². The molecule has 0 unspecified atom stereocenters. The first-order chi connectivity index (χ1) is 12.1. The van der Waals surface area contributed by atoms with Gasteiger partial charge >= 0.3 is 0 Å². The van der Waals surface area contributed by atoms with Gasteiger partial charge in [-0.3, -0.25) is 4.79 Å². The van der Waals surface area contributed by atoms with Gasteiger partial charge in [0, 0.05) is 5.39 Å². The standard InChI is InChI=1S/C20H22N2O2S/c1-4-15-10-17-13(2)7-8-14(3)19(17)22-20(15)25-12-18(23)21-11-16-6-5-9-24-16/h5-10H,4,11-12H2,1-3H3,(H,21,23). The van der Waals surface area contributed by atoms with Crippen LogP contribution in [0, 0.1) is 13.8 Å². The van der Waals surface area contributed by atoms with E-state index in [9.17, 15) is 4.79 Å². The molecule has 0 aliphatic carbocycles. The van der Waals surface area contributed by atoms with Crippen molar-refractivity contribution in [2.45, 2.75) is 38.8 Å². The zero-order valence-electron chi connectivity index (χ0n) is 14.8. The maximum Gasteiger partial charge on any atom is 0.230 e. The summed E-state index contributed by atoms with van der Waals surface area (Å²) in [6.45, 7) is 6.72. The molecule has 0 aliphatic rings. The highest BCUT2D eigenvalue weighted by Crippen LogP contribution is 2.28. The maximum atomic E-state index is 12.1. The number of fused-ring (bicyclic) bond motifs is 1. The summed E-state index contributed by atoms with van der Waals surface area (Å²) < 4.78 is 5.22. The van der Waals surface area contributed by atoms with Gasteiger partial charge in [-0.15, -0.1) is 0 Å². The molecular formula is C20H22N2O2S. The number of amides is 1. The lowest BCUT2D eigenvalue weighted by Gasteiger charge is -2.12. The third kappa shape index (κ3) is 4.04. The fourth-order valence-electron chi connectivity index (χ4n) is 2.72. The molecule has 1 aromatic carbocycles. The van der Waals surface area contributed by atoms with E-state index < -0.39 is 0 Å². The van der Waals surface area contributed by atoms with E-state index in [1.807, 2.05) is 12.1 Å². The molecule has 4 nitrogen and oxygen atoms in total. The van der Waals surface area contributed by atoms with Crippen molar-refractivity contribution < 1.29 is 9.21 Å². The lowest BCUT2D eigenvalue weighted by Crippen LogP contribution is -2.24. The van der Waals surface area contributed by atoms with E-state index in [2.05, 4.69) is 44.3 Å². The number of hydrogen-bond donors (Lipinski definition) is 1. The average molecular weight is 354 g/mol. The summed E-state index contributed by atoms with van der Waals surface area (Å²) >= 11 is 1.49. The summed E-state index contributed by atoms with van der Waals surface area (Å²) in [7, 11) is 0. The number of benzene rings is 1. The number of aromatic nitrogens is 1. The number of carbonyl (C=O) groups is 1. The molecule has 0 bridgehead atoms. The van der Waals surface area contributed by atoms with E-state index in [0.717, 1.165) is 28.3 Å². The fraction of sp³-hybridized carbons (Fsp3) is 0.300. The molecule has 2 aromatic heterocycles. The highest BCUT2D eigenvalue weighted by atomic mass is 32.2. The summed E-state index contributed by atoms with van der Waals surface area (Å²) in [6, 6.07) is 10.1. The Morgan fingerprint density at radius 2 is 2.04 bits per heavy atom. The summed E-state index contributed by atoms with van der Waals surface area (Å²) in [5.74, 6) is 1.07. The third-order valence-electron chi connectivity index (χ3n) is 4.20. The quantitative estimate of drug-likeness (QED) is 0.666. The van der Waals surface area contributed by atoms with Crippen LogP contribution in [-0.2, 0) is 17.8 Å². The van der Waals surface area contributed by atoms with Crippen LogP contribution in [0.2, 0.25) is 0 Å². The lowest BCUT2D eigenvalue weighted by molar-refractivity contribution is -0.118. The van der Waals surface area contributed by atoms with Gasteiger partial charge in [0.25, 0.3) is 0 Å². The van der Waals surface area contributed by atoms with Crippen LogP contribution < -0.4 is 5.32 Å². The van der Waals surface area contributed by atoms with Crippen LogP contribution in [-0.4, -0.2) is 16.6 Å². The van der Waals surface area contributed by atoms with Gasteiger partial charge in [-0.05, 0) is 55.2 Å². The van der Waals surface area contributed by atoms with Gasteiger partial charge < -0.3 is 9.73 Å². The summed E-state index contributed by atoms with van der Waals surface area (Å²) in [6.07, 6.45) is 2.50. The smallest absolute Gasteiger partial charge is 0.230 e. The number of furan rings is 1. The predicted octanol–water partition coefficient (Wildman–Crippen LogP) is 4.42. The number of aryl methyl sites for hydroxylation is 3. The number of thioether (sulfide) groups is 1. The molecule has 0 aliphatic heterocycles. The van der Waals surface area contributed by atoms with E-state index in [-0.39, 0.29) is 5.91 Å². The SMILES string of the molecule is CCc1cc2c(C)ccc(C)c2nc1SCC(=O)NCc1ccco1. The van der Waals surface area contributed by atoms with Gasteiger partial charge in [-0.25, -0.2) is 4.98 Å². The van der Waals surface area contributed by atoms with E-state index in [4.69, 9.17) is 9.40 Å². The Morgan fingerprint density at radius 3 is 2.76 bits per heavy atom. The number of nitrogens with zero attached hydrogens (tertiary/aromatic N) is 1. The van der Waals surface area contributed by atoms with Gasteiger partial charge in [0.1, 0.15) is 10.8 Å². The Balaban J connectivity index is 1.74. The van der Waals surface area contributed by atoms with Crippen molar-refractivity contribution in [2.24, 2.45) is 0 Å². The average Bonchev–Trinajstić information content (AvgIpc) is 3.14. The van der Waals surface area contributed by atoms with Crippen molar-refractivity contribution >= 4 is 28.6 Å². The molecule has 0 fully saturated rings. The van der Waals surface area contributed by atoms with Crippen molar-refractivity contribution in [2.75, 3.05) is 5.75 Å². The zero-order valence-corrected chi connectivity index (χ0v) is 15.6. The van der Waals surface area contributed by atoms with Crippen LogP contribution in [0.1, 0.15) is 29.4 Å². The fourth-order valence-corrected chi connectivity index (χ4v) is 3.63. The number of nitrogens with one attached hydrogen (secondary N) is 1. The van der Waals surface area contributed by atoms with E-state index in [1.54, 1.807) is 6.26 Å². The molecule has 1 amide bonds. The minimum absolute atomic E-state index is 0.0219. The minimum atomic E-state index is -0.0219. The first-order valence-corrected chi connectivity index (χ1v) is 9.38. The van der Waals surface area contributed by atoms with Crippen molar-refractivity contribution in [1.82, 2.24) is 10.3 Å². The summed E-state index contributed by atoms with van der Waals surface area (Å²) in [5, 5.41) is 5.01. The van der Waals surface area contributed by atoms with Crippen LogP contribution in [0.15, 0.2) is 46.0 Å². The second-order valence-electron chi connectivity index (χ2n) is 6.05. The Bertz CT molecular complexity index is 888. The molecular weight excluding hydrogens is 332 g/mol. The van der Waals surface area contributed by atoms with E-state index >= 15 is 0 Å². The molecule has 0 saturated carbocycles. The molecule has 130 valence electrons. The topological polar surface area (TPSA) is 55.1 Å². The zero-order chi connectivity index (χ0) is 17.8. The molecule has 0 radical (unpaired) electrons. The van der Waals surface area contributed by atoms with Crippen molar-refractivity contribution in [3.05, 3.63) is 59.0 Å². The maximum absolute atomic E-state index is 12.1. The van der Waals surface area contributed by atoms with Crippen LogP contribution in [0.4, 0.5) is 0 Å². The number of carbonyl (C=O) groups excluding carboxylic acids is 1. The van der Waals surface area contributed by atoms with Crippen LogP contribution in [0.5, 0.6) is 0 Å². The Morgan fingerprint density at radius 1 is 1.24 bits per heavy atom. The highest BCUT2D eigenvalue weighted by Gasteiger charge is 2.12. The largest absolute Gasteiger partial charge is 0.467 e. The Kier molecular flexibility index (Phi) is 5.43. The number of rotatable bonds is 6. The van der Waals surface area contributed by atoms with Crippen LogP contribution in [0.3, 0.4) is 0 Å². The Hall–Kier alpha value is -2.27. The predicted molar refractivity (Wildman–Crippen MR) is 102 cm³/mol. The number of hydrogen-bond acceptors (Lipinski definition) is 4. The van der Waals surface area contributed by atoms with Gasteiger partial charge in [0.05, 0.1) is 24.1 Å². The minimum Gasteiger partial charge on any atom is -0.467 e. The molecule has 0 atom stereocenters. The third-order valence-corrected chi connectivity index (χ3v) is 5.24. The Labute approximate surface area is 152 Å². The molecule has 2 heterocycles. The van der Waals surface area contributed by atoms with E-state index in [1.165, 1.54) is 28.3 Å². The number of pyridine rings is 1. The molecule has 3 rings (SSSR count). The lowest BCUT2D eigenvalue weighted by atomic mass is 10.0. The summed E-state index contributed by atoms with van der Waals surface area (Å²) in [4.78, 5) is 16.9. The first-order valence-electron chi connectivity index (χ1n) is 8.40. The first kappa shape index (κ1) is 17.5. The van der Waals surface area contributed by atoms with Gasteiger partial charge in [0.15, 0.2) is 0 Å². The molecule has 25 heavy (non-hydrogen) atoms. The highest BCUT2D eigenvalue weighted by molar-refractivity contribution is 7.99. The second kappa shape index (κ2) is 7.74. The van der Waals surface area contributed by atoms with Gasteiger partial charge in [-0.1, -0.05) is 30.8 Å². The molecule has 1 N–H and O–H groups in total. The molecule has 0 spiro atoms. The van der Waals surface area contributed by atoms with Crippen LogP contribution >= 0.6 is 11.8 Å². The summed E-state index contributed by atoms with van der Waals surface area (Å²) in [5.41, 5.74) is 4.60. The van der Waals surface area contributed by atoms with E-state index in [0.29, 0.717) is 12.3 Å². The van der Waals surface area contributed by atoms with Crippen LogP contribution in [0.25, 0.3) is 10.9 Å². The van der Waals surface area contributed by atoms with Crippen molar-refractivity contribution in [3.8, 4) is 0 Å². The van der Waals surface area contributed by atoms with Crippen molar-refractivity contribution in [1.29, 1.82) is 0 Å². The van der Waals surface area contributed by atoms with Crippen molar-refractivity contribution in [3.63, 3.8) is 0 Å². The van der Waals surface area contributed by atoms with Gasteiger partial charge in [0.2, 0.25) is 5.91 Å². The molecule has 0 saturated heterocycles. The second-order valence-corrected chi connectivity index (χ2v) is 7.01.